The zero-order valence-corrected chi connectivity index (χ0v) is 14.6. The van der Waals surface area contributed by atoms with Crippen LogP contribution in [0.25, 0.3) is 5.69 Å². The summed E-state index contributed by atoms with van der Waals surface area (Å²) in [5.41, 5.74) is 0.949. The molecule has 1 aromatic carbocycles. The Hall–Kier alpha value is -2.22. The first-order valence-electron chi connectivity index (χ1n) is 8.04. The third kappa shape index (κ3) is 4.00. The van der Waals surface area contributed by atoms with Crippen molar-refractivity contribution in [3.8, 4) is 5.69 Å². The first-order valence-corrected chi connectivity index (χ1v) is 9.09. The number of para-hydroxylation sites is 1. The molecular weight excluding hydrogens is 324 g/mol. The van der Waals surface area contributed by atoms with E-state index in [0.717, 1.165) is 36.6 Å². The Morgan fingerprint density at radius 2 is 2.08 bits per heavy atom. The van der Waals surface area contributed by atoms with E-state index in [9.17, 15) is 0 Å². The number of hydrogen-bond acceptors (Lipinski definition) is 7. The molecule has 0 N–H and O–H groups in total. The molecule has 0 aliphatic heterocycles. The number of nitrogens with zero attached hydrogens (tertiary/aromatic N) is 6. The Bertz CT molecular complexity index is 757. The summed E-state index contributed by atoms with van der Waals surface area (Å²) in [5, 5.41) is 16.1. The van der Waals surface area contributed by atoms with Crippen LogP contribution in [-0.2, 0) is 12.2 Å². The van der Waals surface area contributed by atoms with E-state index >= 15 is 0 Å². The number of hydrogen-bond donors (Lipinski definition) is 0. The van der Waals surface area contributed by atoms with Gasteiger partial charge in [0.2, 0.25) is 5.89 Å². The van der Waals surface area contributed by atoms with Crippen LogP contribution in [0.1, 0.15) is 49.5 Å². The highest BCUT2D eigenvalue weighted by Gasteiger charge is 2.17. The van der Waals surface area contributed by atoms with Gasteiger partial charge in [-0.15, -0.1) is 16.9 Å². The summed E-state index contributed by atoms with van der Waals surface area (Å²) in [5.74, 6) is 2.90. The number of aromatic nitrogens is 6. The van der Waals surface area contributed by atoms with Crippen LogP contribution in [-0.4, -0.2) is 30.3 Å². The summed E-state index contributed by atoms with van der Waals surface area (Å²) >= 11 is 1.67. The van der Waals surface area contributed by atoms with Crippen molar-refractivity contribution in [1.29, 1.82) is 0 Å². The van der Waals surface area contributed by atoms with E-state index in [4.69, 9.17) is 4.52 Å². The third-order valence-corrected chi connectivity index (χ3v) is 4.71. The lowest BCUT2D eigenvalue weighted by molar-refractivity contribution is 0.374. The van der Waals surface area contributed by atoms with Gasteiger partial charge < -0.3 is 4.52 Å². The van der Waals surface area contributed by atoms with Crippen LogP contribution in [0.5, 0.6) is 0 Å². The zero-order valence-electron chi connectivity index (χ0n) is 13.8. The first kappa shape index (κ1) is 16.6. The first-order chi connectivity index (χ1) is 11.8. The number of benzene rings is 1. The highest BCUT2D eigenvalue weighted by atomic mass is 32.2. The fourth-order valence-corrected chi connectivity index (χ4v) is 3.02. The van der Waals surface area contributed by atoms with Crippen LogP contribution in [0.15, 0.2) is 34.9 Å². The minimum Gasteiger partial charge on any atom is -0.338 e. The summed E-state index contributed by atoms with van der Waals surface area (Å²) in [6.07, 6.45) is 3.06. The zero-order chi connectivity index (χ0) is 16.8. The highest BCUT2D eigenvalue weighted by Crippen LogP contribution is 2.29. The average Bonchev–Trinajstić information content (AvgIpc) is 3.28. The number of thioether (sulfide) groups is 1. The van der Waals surface area contributed by atoms with E-state index in [2.05, 4.69) is 39.5 Å². The standard InChI is InChI=1S/C16H20N6OS/c1-3-4-10-14-17-16(23-19-14)12(2)24-11-15-18-20-21-22(15)13-8-6-5-7-9-13/h5-9,12H,3-4,10-11H2,1-2H3. The number of tetrazole rings is 1. The van der Waals surface area contributed by atoms with Crippen molar-refractivity contribution in [3.05, 3.63) is 47.9 Å². The molecule has 1 atom stereocenters. The monoisotopic (exact) mass is 344 g/mol. The SMILES string of the molecule is CCCCc1noc(C(C)SCc2nnnn2-c2ccccc2)n1. The molecule has 0 amide bonds. The Labute approximate surface area is 144 Å². The Morgan fingerprint density at radius 1 is 1.25 bits per heavy atom. The maximum absolute atomic E-state index is 5.37. The molecule has 3 aromatic rings. The smallest absolute Gasteiger partial charge is 0.239 e. The lowest BCUT2D eigenvalue weighted by atomic mass is 10.2. The minimum atomic E-state index is 0.0915. The van der Waals surface area contributed by atoms with Gasteiger partial charge in [-0.2, -0.15) is 9.67 Å². The van der Waals surface area contributed by atoms with Crippen LogP contribution in [0.3, 0.4) is 0 Å². The molecule has 0 saturated carbocycles. The van der Waals surface area contributed by atoms with E-state index in [1.807, 2.05) is 30.3 Å². The Morgan fingerprint density at radius 3 is 2.88 bits per heavy atom. The van der Waals surface area contributed by atoms with Crippen molar-refractivity contribution >= 4 is 11.8 Å². The van der Waals surface area contributed by atoms with E-state index in [1.165, 1.54) is 0 Å². The van der Waals surface area contributed by atoms with E-state index in [1.54, 1.807) is 16.4 Å². The lowest BCUT2D eigenvalue weighted by Crippen LogP contribution is -2.02. The fraction of sp³-hybridized carbons (Fsp3) is 0.438. The van der Waals surface area contributed by atoms with Gasteiger partial charge in [0.1, 0.15) is 0 Å². The molecule has 0 aliphatic rings. The summed E-state index contributed by atoms with van der Waals surface area (Å²) in [7, 11) is 0. The second-order valence-electron chi connectivity index (χ2n) is 5.45. The molecule has 126 valence electrons. The van der Waals surface area contributed by atoms with Gasteiger partial charge in [-0.05, 0) is 35.9 Å². The van der Waals surface area contributed by atoms with Crippen LogP contribution in [0, 0.1) is 0 Å². The van der Waals surface area contributed by atoms with E-state index < -0.39 is 0 Å². The molecule has 8 heteroatoms. The molecule has 0 fully saturated rings. The Kier molecular flexibility index (Phi) is 5.58. The third-order valence-electron chi connectivity index (χ3n) is 3.58. The van der Waals surface area contributed by atoms with Gasteiger partial charge >= 0.3 is 0 Å². The van der Waals surface area contributed by atoms with Crippen molar-refractivity contribution in [2.45, 2.75) is 44.1 Å². The molecule has 0 radical (unpaired) electrons. The van der Waals surface area contributed by atoms with Gasteiger partial charge in [0.05, 0.1) is 16.7 Å². The van der Waals surface area contributed by atoms with Crippen molar-refractivity contribution in [3.63, 3.8) is 0 Å². The van der Waals surface area contributed by atoms with Crippen LogP contribution in [0.2, 0.25) is 0 Å². The minimum absolute atomic E-state index is 0.0915. The number of aryl methyl sites for hydroxylation is 1. The van der Waals surface area contributed by atoms with Crippen molar-refractivity contribution in [1.82, 2.24) is 30.3 Å². The topological polar surface area (TPSA) is 82.5 Å². The summed E-state index contributed by atoms with van der Waals surface area (Å²) in [4.78, 5) is 4.47. The normalized spacial score (nSPS) is 12.4. The molecule has 0 spiro atoms. The lowest BCUT2D eigenvalue weighted by Gasteiger charge is -2.07. The summed E-state index contributed by atoms with van der Waals surface area (Å²) in [6.45, 7) is 4.20. The second-order valence-corrected chi connectivity index (χ2v) is 6.78. The molecule has 0 aliphatic carbocycles. The molecule has 7 nitrogen and oxygen atoms in total. The molecule has 3 rings (SSSR count). The van der Waals surface area contributed by atoms with Crippen molar-refractivity contribution in [2.24, 2.45) is 0 Å². The van der Waals surface area contributed by atoms with Gasteiger partial charge in [-0.3, -0.25) is 0 Å². The van der Waals surface area contributed by atoms with Crippen molar-refractivity contribution in [2.75, 3.05) is 0 Å². The molecule has 0 saturated heterocycles. The molecule has 1 unspecified atom stereocenters. The predicted octanol–water partition coefficient (Wildman–Crippen LogP) is 3.38. The van der Waals surface area contributed by atoms with Gasteiger partial charge in [0, 0.05) is 6.42 Å². The van der Waals surface area contributed by atoms with Crippen LogP contribution < -0.4 is 0 Å². The van der Waals surface area contributed by atoms with Crippen LogP contribution in [0.4, 0.5) is 0 Å². The summed E-state index contributed by atoms with van der Waals surface area (Å²) in [6, 6.07) is 9.85. The van der Waals surface area contributed by atoms with Crippen LogP contribution >= 0.6 is 11.8 Å². The molecular formula is C16H20N6OS. The predicted molar refractivity (Wildman–Crippen MR) is 91.8 cm³/mol. The van der Waals surface area contributed by atoms with E-state index in [-0.39, 0.29) is 5.25 Å². The largest absolute Gasteiger partial charge is 0.338 e. The van der Waals surface area contributed by atoms with Gasteiger partial charge in [-0.1, -0.05) is 36.7 Å². The quantitative estimate of drug-likeness (QED) is 0.619. The molecule has 2 aromatic heterocycles. The van der Waals surface area contributed by atoms with Gasteiger partial charge in [0.25, 0.3) is 0 Å². The molecule has 2 heterocycles. The number of rotatable bonds is 8. The average molecular weight is 344 g/mol. The maximum atomic E-state index is 5.37. The summed E-state index contributed by atoms with van der Waals surface area (Å²) < 4.78 is 7.12. The van der Waals surface area contributed by atoms with Gasteiger partial charge in [-0.25, -0.2) is 0 Å². The van der Waals surface area contributed by atoms with Gasteiger partial charge in [0.15, 0.2) is 11.6 Å². The highest BCUT2D eigenvalue weighted by molar-refractivity contribution is 7.98. The fourth-order valence-electron chi connectivity index (χ4n) is 2.21. The Balaban J connectivity index is 1.62. The van der Waals surface area contributed by atoms with E-state index in [0.29, 0.717) is 11.6 Å². The van der Waals surface area contributed by atoms with Crippen molar-refractivity contribution < 1.29 is 4.52 Å². The number of unbranched alkanes of at least 4 members (excludes halogenated alkanes) is 1. The maximum Gasteiger partial charge on any atom is 0.239 e. The molecule has 0 bridgehead atoms. The second kappa shape index (κ2) is 8.05. The molecule has 24 heavy (non-hydrogen) atoms.